The normalized spacial score (nSPS) is 11.1. The van der Waals surface area contributed by atoms with Crippen LogP contribution in [-0.4, -0.2) is 47.9 Å². The number of allylic oxidation sites excluding steroid dienone is 1. The smallest absolute Gasteiger partial charge is 0.188 e. The molecule has 0 unspecified atom stereocenters. The lowest BCUT2D eigenvalue weighted by atomic mass is 10.3. The number of para-hydroxylation sites is 3. The van der Waals surface area contributed by atoms with Gasteiger partial charge in [0.25, 0.3) is 0 Å². The highest BCUT2D eigenvalue weighted by molar-refractivity contribution is 7.96. The van der Waals surface area contributed by atoms with Gasteiger partial charge >= 0.3 is 0 Å². The fourth-order valence-corrected chi connectivity index (χ4v) is 8.25. The third-order valence-electron chi connectivity index (χ3n) is 5.23. The van der Waals surface area contributed by atoms with Crippen LogP contribution in [0.5, 0.6) is 17.2 Å². The molecule has 0 aliphatic carbocycles. The van der Waals surface area contributed by atoms with Crippen LogP contribution in [0, 0.1) is 0 Å². The van der Waals surface area contributed by atoms with Crippen LogP contribution in [0.25, 0.3) is 0 Å². The predicted octanol–water partition coefficient (Wildman–Crippen LogP) is 4.11. The highest BCUT2D eigenvalue weighted by atomic mass is 31.2. The van der Waals surface area contributed by atoms with Gasteiger partial charge in [-0.3, -0.25) is 0 Å². The second kappa shape index (κ2) is 13.1. The molecule has 34 heavy (non-hydrogen) atoms. The van der Waals surface area contributed by atoms with Crippen LogP contribution in [-0.2, 0) is 14.2 Å². The van der Waals surface area contributed by atoms with E-state index < -0.39 is 7.26 Å². The Morgan fingerprint density at radius 1 is 0.588 bits per heavy atom. The average Bonchev–Trinajstić information content (AvgIpc) is 2.89. The molecular weight excluding hydrogens is 451 g/mol. The summed E-state index contributed by atoms with van der Waals surface area (Å²) in [5, 5.41) is 3.11. The second-order valence-electron chi connectivity index (χ2n) is 7.34. The van der Waals surface area contributed by atoms with Gasteiger partial charge in [0.1, 0.15) is 23.2 Å². The van der Waals surface area contributed by atoms with Crippen molar-refractivity contribution in [3.63, 3.8) is 0 Å². The summed E-state index contributed by atoms with van der Waals surface area (Å²) >= 11 is 0. The largest absolute Gasteiger partial charge is 0.463 e. The molecule has 0 bridgehead atoms. The van der Waals surface area contributed by atoms with Gasteiger partial charge in [-0.25, -0.2) is 0 Å². The van der Waals surface area contributed by atoms with Crippen LogP contribution in [0.2, 0.25) is 0 Å². The molecule has 0 aromatic heterocycles. The Bertz CT molecular complexity index is 929. The van der Waals surface area contributed by atoms with Gasteiger partial charge in [0.15, 0.2) is 37.6 Å². The molecule has 0 heterocycles. The SMILES string of the molecule is C=CC[P+](c1ccccc1OCOC)(c1ccccc1OCOC)c1ccccc1OCOC. The lowest BCUT2D eigenvalue weighted by Gasteiger charge is -2.30. The molecule has 0 radical (unpaired) electrons. The summed E-state index contributed by atoms with van der Waals surface area (Å²) in [6.07, 6.45) is 2.60. The summed E-state index contributed by atoms with van der Waals surface area (Å²) < 4.78 is 33.9. The maximum absolute atomic E-state index is 6.06. The van der Waals surface area contributed by atoms with E-state index in [2.05, 4.69) is 24.8 Å². The monoisotopic (exact) mass is 483 g/mol. The number of rotatable bonds is 14. The van der Waals surface area contributed by atoms with Crippen LogP contribution in [0.3, 0.4) is 0 Å². The fourth-order valence-electron chi connectivity index (χ4n) is 3.93. The van der Waals surface area contributed by atoms with Crippen molar-refractivity contribution in [2.75, 3.05) is 47.9 Å². The van der Waals surface area contributed by atoms with Gasteiger partial charge < -0.3 is 28.4 Å². The summed E-state index contributed by atoms with van der Waals surface area (Å²) in [5.41, 5.74) is 0. The minimum atomic E-state index is -2.45. The molecule has 0 aliphatic heterocycles. The minimum absolute atomic E-state index is 0.134. The summed E-state index contributed by atoms with van der Waals surface area (Å²) in [6, 6.07) is 24.1. The van der Waals surface area contributed by atoms with E-state index in [9.17, 15) is 0 Å². The predicted molar refractivity (Wildman–Crippen MR) is 138 cm³/mol. The molecule has 3 aromatic rings. The van der Waals surface area contributed by atoms with Crippen molar-refractivity contribution in [1.82, 2.24) is 0 Å². The first-order chi connectivity index (χ1) is 16.7. The molecule has 6 nitrogen and oxygen atoms in total. The summed E-state index contributed by atoms with van der Waals surface area (Å²) in [7, 11) is 2.38. The number of benzene rings is 3. The summed E-state index contributed by atoms with van der Waals surface area (Å²) in [4.78, 5) is 0. The zero-order valence-corrected chi connectivity index (χ0v) is 20.8. The Morgan fingerprint density at radius 2 is 0.912 bits per heavy atom. The van der Waals surface area contributed by atoms with Gasteiger partial charge in [-0.15, -0.1) is 0 Å². The molecule has 0 fully saturated rings. The third kappa shape index (κ3) is 5.60. The number of ether oxygens (including phenoxy) is 6. The molecular formula is C27H32O6P+. The molecule has 0 spiro atoms. The highest BCUT2D eigenvalue weighted by Gasteiger charge is 2.50. The van der Waals surface area contributed by atoms with Gasteiger partial charge in [0.2, 0.25) is 0 Å². The van der Waals surface area contributed by atoms with E-state index in [1.807, 2.05) is 60.7 Å². The van der Waals surface area contributed by atoms with Gasteiger partial charge in [0.05, 0.1) is 6.16 Å². The molecule has 0 N–H and O–H groups in total. The van der Waals surface area contributed by atoms with Crippen molar-refractivity contribution in [3.05, 3.63) is 85.5 Å². The van der Waals surface area contributed by atoms with Crippen LogP contribution in [0.15, 0.2) is 85.5 Å². The third-order valence-corrected chi connectivity index (χ3v) is 9.61. The first kappa shape index (κ1) is 25.7. The second-order valence-corrected chi connectivity index (χ2v) is 10.8. The lowest BCUT2D eigenvalue weighted by molar-refractivity contribution is 0.0518. The number of hydrogen-bond acceptors (Lipinski definition) is 6. The topological polar surface area (TPSA) is 55.4 Å². The van der Waals surface area contributed by atoms with Crippen LogP contribution in [0.4, 0.5) is 0 Å². The number of hydrogen-bond donors (Lipinski definition) is 0. The summed E-state index contributed by atoms with van der Waals surface area (Å²) in [5.74, 6) is 2.22. The maximum Gasteiger partial charge on any atom is 0.188 e. The fraction of sp³-hybridized carbons (Fsp3) is 0.259. The van der Waals surface area contributed by atoms with Crippen LogP contribution in [0.1, 0.15) is 0 Å². The Balaban J connectivity index is 2.39. The molecule has 180 valence electrons. The van der Waals surface area contributed by atoms with Gasteiger partial charge in [-0.2, -0.15) is 0 Å². The Hall–Kier alpha value is -2.89. The van der Waals surface area contributed by atoms with Crippen molar-refractivity contribution in [3.8, 4) is 17.2 Å². The minimum Gasteiger partial charge on any atom is -0.463 e. The first-order valence-electron chi connectivity index (χ1n) is 10.9. The molecule has 3 aromatic carbocycles. The van der Waals surface area contributed by atoms with E-state index in [4.69, 9.17) is 28.4 Å². The van der Waals surface area contributed by atoms with Crippen molar-refractivity contribution in [1.29, 1.82) is 0 Å². The van der Waals surface area contributed by atoms with E-state index in [0.717, 1.165) is 33.2 Å². The molecule has 0 saturated heterocycles. The van der Waals surface area contributed by atoms with E-state index in [1.165, 1.54) is 0 Å². The highest BCUT2D eigenvalue weighted by Crippen LogP contribution is 2.60. The van der Waals surface area contributed by atoms with Crippen molar-refractivity contribution >= 4 is 23.2 Å². The molecule has 7 heteroatoms. The van der Waals surface area contributed by atoms with E-state index in [1.54, 1.807) is 21.3 Å². The molecule has 0 saturated carbocycles. The lowest BCUT2D eigenvalue weighted by Crippen LogP contribution is -2.36. The Labute approximate surface area is 202 Å². The zero-order chi connectivity index (χ0) is 24.2. The average molecular weight is 484 g/mol. The molecule has 3 rings (SSSR count). The maximum atomic E-state index is 6.06. The van der Waals surface area contributed by atoms with Crippen molar-refractivity contribution in [2.45, 2.75) is 0 Å². The van der Waals surface area contributed by atoms with E-state index in [0.29, 0.717) is 6.16 Å². The summed E-state index contributed by atoms with van der Waals surface area (Å²) in [6.45, 7) is 4.53. The quantitative estimate of drug-likeness (QED) is 0.195. The van der Waals surface area contributed by atoms with Gasteiger partial charge in [-0.05, 0) is 36.4 Å². The van der Waals surface area contributed by atoms with Crippen LogP contribution >= 0.6 is 7.26 Å². The van der Waals surface area contributed by atoms with Crippen LogP contribution < -0.4 is 30.1 Å². The van der Waals surface area contributed by atoms with Crippen molar-refractivity contribution < 1.29 is 28.4 Å². The number of methoxy groups -OCH3 is 3. The standard InChI is InChI=1S/C27H32O6P/c1-5-18-34(25-15-9-6-12-22(25)31-19-28-2,26-16-10-7-13-23(26)32-20-29-3)27-17-11-8-14-24(27)33-21-30-4/h5-17H,1,18-21H2,2-4H3/q+1. The van der Waals surface area contributed by atoms with Crippen molar-refractivity contribution in [2.24, 2.45) is 0 Å². The Kier molecular flexibility index (Phi) is 9.92. The molecule has 0 atom stereocenters. The van der Waals surface area contributed by atoms with E-state index in [-0.39, 0.29) is 20.4 Å². The van der Waals surface area contributed by atoms with Gasteiger partial charge in [0, 0.05) is 21.3 Å². The molecule has 0 amide bonds. The zero-order valence-electron chi connectivity index (χ0n) is 19.9. The first-order valence-corrected chi connectivity index (χ1v) is 12.8. The van der Waals surface area contributed by atoms with E-state index >= 15 is 0 Å². The Morgan fingerprint density at radius 3 is 1.21 bits per heavy atom. The molecule has 0 aliphatic rings. The van der Waals surface area contributed by atoms with Gasteiger partial charge in [-0.1, -0.05) is 49.1 Å².